The molecule has 0 radical (unpaired) electrons. The van der Waals surface area contributed by atoms with E-state index in [1.807, 2.05) is 0 Å². The Bertz CT molecular complexity index is 1170. The van der Waals surface area contributed by atoms with Crippen molar-refractivity contribution in [3.8, 4) is 34.3 Å². The van der Waals surface area contributed by atoms with Gasteiger partial charge in [-0.3, -0.25) is 4.79 Å². The summed E-state index contributed by atoms with van der Waals surface area (Å²) < 4.78 is 5.65. The van der Waals surface area contributed by atoms with Crippen LogP contribution >= 0.6 is 0 Å². The normalized spacial score (nSPS) is 11.3. The summed E-state index contributed by atoms with van der Waals surface area (Å²) in [5.41, 5.74) is 0.305. The van der Waals surface area contributed by atoms with E-state index in [0.29, 0.717) is 13.0 Å². The van der Waals surface area contributed by atoms with E-state index in [1.54, 1.807) is 12.1 Å². The van der Waals surface area contributed by atoms with Crippen LogP contribution in [0.5, 0.6) is 23.0 Å². The average Bonchev–Trinajstić information content (AvgIpc) is 2.84. The molecule has 7 heteroatoms. The predicted molar refractivity (Wildman–Crippen MR) is 136 cm³/mol. The molecule has 1 heterocycles. The zero-order valence-electron chi connectivity index (χ0n) is 20.1. The molecule has 0 aliphatic carbocycles. The lowest BCUT2D eigenvalue weighted by Gasteiger charge is -2.10. The van der Waals surface area contributed by atoms with Crippen molar-refractivity contribution in [1.82, 2.24) is 0 Å². The molecule has 35 heavy (non-hydrogen) atoms. The van der Waals surface area contributed by atoms with Crippen molar-refractivity contribution >= 4 is 11.0 Å². The largest absolute Gasteiger partial charge is 0.504 e. The minimum Gasteiger partial charge on any atom is -0.504 e. The Labute approximate surface area is 205 Å². The van der Waals surface area contributed by atoms with E-state index < -0.39 is 16.9 Å². The van der Waals surface area contributed by atoms with E-state index in [9.17, 15) is 25.2 Å². The second-order valence-corrected chi connectivity index (χ2v) is 9.17. The third kappa shape index (κ3) is 7.15. The Morgan fingerprint density at radius 2 is 1.26 bits per heavy atom. The number of aliphatic hydroxyl groups is 1. The van der Waals surface area contributed by atoms with Crippen LogP contribution in [0.2, 0.25) is 0 Å². The van der Waals surface area contributed by atoms with Gasteiger partial charge in [-0.15, -0.1) is 0 Å². The van der Waals surface area contributed by atoms with Crippen molar-refractivity contribution in [3.05, 3.63) is 46.1 Å². The first-order chi connectivity index (χ1) is 16.9. The summed E-state index contributed by atoms with van der Waals surface area (Å²) in [6.07, 6.45) is 13.3. The number of phenols is 3. The molecular formula is C28H36O7. The average molecular weight is 485 g/mol. The fourth-order valence-corrected chi connectivity index (χ4v) is 4.37. The molecule has 5 N–H and O–H groups in total. The third-order valence-corrected chi connectivity index (χ3v) is 6.37. The van der Waals surface area contributed by atoms with Gasteiger partial charge >= 0.3 is 0 Å². The molecule has 0 bridgehead atoms. The van der Waals surface area contributed by atoms with Crippen molar-refractivity contribution in [2.75, 3.05) is 6.61 Å². The first-order valence-electron chi connectivity index (χ1n) is 12.6. The summed E-state index contributed by atoms with van der Waals surface area (Å²) in [5, 5.41) is 49.1. The molecular weight excluding hydrogens is 448 g/mol. The summed E-state index contributed by atoms with van der Waals surface area (Å²) >= 11 is 0. The lowest BCUT2D eigenvalue weighted by Crippen LogP contribution is -2.03. The number of aliphatic hydroxyl groups excluding tert-OH is 1. The monoisotopic (exact) mass is 484 g/mol. The van der Waals surface area contributed by atoms with Gasteiger partial charge in [0.05, 0.1) is 5.39 Å². The van der Waals surface area contributed by atoms with Crippen molar-refractivity contribution < 1.29 is 29.9 Å². The number of hydrogen-bond donors (Lipinski definition) is 5. The number of benzene rings is 2. The van der Waals surface area contributed by atoms with E-state index in [0.717, 1.165) is 37.7 Å². The van der Waals surface area contributed by atoms with Crippen LogP contribution in [0.4, 0.5) is 0 Å². The molecule has 7 nitrogen and oxygen atoms in total. The van der Waals surface area contributed by atoms with Crippen LogP contribution in [-0.4, -0.2) is 32.1 Å². The smallest absolute Gasteiger partial charge is 0.235 e. The van der Waals surface area contributed by atoms with E-state index in [1.165, 1.54) is 56.7 Å². The molecule has 3 aromatic rings. The van der Waals surface area contributed by atoms with Crippen LogP contribution in [0.15, 0.2) is 39.5 Å². The van der Waals surface area contributed by atoms with Crippen LogP contribution in [0.1, 0.15) is 76.2 Å². The summed E-state index contributed by atoms with van der Waals surface area (Å²) in [5.74, 6) is -1.75. The Morgan fingerprint density at radius 3 is 1.86 bits per heavy atom. The summed E-state index contributed by atoms with van der Waals surface area (Å²) in [7, 11) is 0. The second-order valence-electron chi connectivity index (χ2n) is 9.17. The zero-order chi connectivity index (χ0) is 25.2. The number of unbranched alkanes of at least 4 members (excludes halogenated alkanes) is 10. The highest BCUT2D eigenvalue weighted by molar-refractivity contribution is 5.87. The molecule has 0 aliphatic heterocycles. The molecule has 0 fully saturated rings. The molecule has 0 aliphatic rings. The Hall–Kier alpha value is -3.19. The number of phenolic OH excluding ortho intramolecular Hbond substituents is 3. The van der Waals surface area contributed by atoms with Gasteiger partial charge in [0.25, 0.3) is 0 Å². The van der Waals surface area contributed by atoms with E-state index in [-0.39, 0.29) is 33.8 Å². The van der Waals surface area contributed by atoms with Crippen LogP contribution in [0.25, 0.3) is 22.3 Å². The highest BCUT2D eigenvalue weighted by Gasteiger charge is 2.19. The molecule has 1 aromatic heterocycles. The standard InChI is InChI=1S/C28H36O7/c29-15-11-9-7-5-3-1-2-4-6-8-10-12-19-16-21-25(33)26(34)27(35-28(21)24(32)17-19)20-13-14-22(30)23(31)18-20/h13-14,16-18,29-32,34H,1-12,15H2. The minimum atomic E-state index is -0.665. The van der Waals surface area contributed by atoms with E-state index in [4.69, 9.17) is 9.52 Å². The van der Waals surface area contributed by atoms with Crippen LogP contribution < -0.4 is 5.43 Å². The van der Waals surface area contributed by atoms with Gasteiger partial charge in [-0.25, -0.2) is 0 Å². The molecule has 0 atom stereocenters. The first-order valence-corrected chi connectivity index (χ1v) is 12.6. The summed E-state index contributed by atoms with van der Waals surface area (Å²) in [6, 6.07) is 7.01. The Balaban J connectivity index is 1.54. The lowest BCUT2D eigenvalue weighted by molar-refractivity contribution is 0.282. The molecule has 0 saturated carbocycles. The van der Waals surface area contributed by atoms with Gasteiger partial charge in [0.15, 0.2) is 28.6 Å². The van der Waals surface area contributed by atoms with E-state index >= 15 is 0 Å². The van der Waals surface area contributed by atoms with Gasteiger partial charge in [0.1, 0.15) is 0 Å². The molecule has 0 amide bonds. The number of rotatable bonds is 14. The molecule has 190 valence electrons. The fourth-order valence-electron chi connectivity index (χ4n) is 4.37. The maximum atomic E-state index is 12.8. The molecule has 0 unspecified atom stereocenters. The third-order valence-electron chi connectivity index (χ3n) is 6.37. The SMILES string of the molecule is O=c1c(O)c(-c2ccc(O)c(O)c2)oc2c(O)cc(CCCCCCCCCCCCCO)cc12. The van der Waals surface area contributed by atoms with Gasteiger partial charge in [-0.1, -0.05) is 57.8 Å². The first kappa shape index (κ1) is 26.4. The topological polar surface area (TPSA) is 131 Å². The number of hydrogen-bond acceptors (Lipinski definition) is 7. The number of aryl methyl sites for hydroxylation is 1. The number of fused-ring (bicyclic) bond motifs is 1. The molecule has 3 rings (SSSR count). The van der Waals surface area contributed by atoms with Gasteiger partial charge in [0, 0.05) is 12.2 Å². The van der Waals surface area contributed by atoms with Crippen molar-refractivity contribution in [3.63, 3.8) is 0 Å². The van der Waals surface area contributed by atoms with Crippen LogP contribution in [0, 0.1) is 0 Å². The van der Waals surface area contributed by atoms with Crippen LogP contribution in [-0.2, 0) is 6.42 Å². The molecule has 0 saturated heterocycles. The maximum absolute atomic E-state index is 12.8. The van der Waals surface area contributed by atoms with E-state index in [2.05, 4.69) is 0 Å². The fraction of sp³-hybridized carbons (Fsp3) is 0.464. The van der Waals surface area contributed by atoms with Crippen molar-refractivity contribution in [2.45, 2.75) is 77.0 Å². The molecule has 0 spiro atoms. The Morgan fingerprint density at radius 1 is 0.657 bits per heavy atom. The maximum Gasteiger partial charge on any atom is 0.235 e. The van der Waals surface area contributed by atoms with Gasteiger partial charge in [-0.2, -0.15) is 0 Å². The summed E-state index contributed by atoms with van der Waals surface area (Å²) in [4.78, 5) is 12.8. The zero-order valence-corrected chi connectivity index (χ0v) is 20.1. The predicted octanol–water partition coefficient (Wildman–Crippen LogP) is 6.11. The van der Waals surface area contributed by atoms with Gasteiger partial charge in [-0.05, 0) is 55.2 Å². The highest BCUT2D eigenvalue weighted by Crippen LogP contribution is 2.37. The van der Waals surface area contributed by atoms with Crippen LogP contribution in [0.3, 0.4) is 0 Å². The van der Waals surface area contributed by atoms with Gasteiger partial charge < -0.3 is 29.9 Å². The second kappa shape index (κ2) is 13.0. The molecule has 2 aromatic carbocycles. The highest BCUT2D eigenvalue weighted by atomic mass is 16.4. The van der Waals surface area contributed by atoms with Crippen molar-refractivity contribution in [2.24, 2.45) is 0 Å². The minimum absolute atomic E-state index is 0.0320. The summed E-state index contributed by atoms with van der Waals surface area (Å²) in [6.45, 7) is 0.294. The quantitative estimate of drug-likeness (QED) is 0.138. The number of aromatic hydroxyl groups is 4. The van der Waals surface area contributed by atoms with Gasteiger partial charge in [0.2, 0.25) is 11.2 Å². The lowest BCUT2D eigenvalue weighted by atomic mass is 10.0. The Kier molecular flexibility index (Phi) is 9.85. The van der Waals surface area contributed by atoms with Crippen molar-refractivity contribution in [1.29, 1.82) is 0 Å².